The number of hydrogen-bond acceptors (Lipinski definition) is 5. The predicted octanol–water partition coefficient (Wildman–Crippen LogP) is 4.40. The van der Waals surface area contributed by atoms with E-state index in [1.54, 1.807) is 19.1 Å². The number of carbonyl (C=O) groups excluding carboxylic acids is 1. The van der Waals surface area contributed by atoms with Crippen LogP contribution < -0.4 is 20.3 Å². The van der Waals surface area contributed by atoms with E-state index in [2.05, 4.69) is 10.4 Å². The molecule has 0 unspecified atom stereocenters. The Bertz CT molecular complexity index is 1190. The Morgan fingerprint density at radius 1 is 1.06 bits per heavy atom. The molecule has 3 aromatic rings. The van der Waals surface area contributed by atoms with Crippen molar-refractivity contribution in [3.8, 4) is 22.8 Å². The van der Waals surface area contributed by atoms with Crippen LogP contribution in [0.1, 0.15) is 24.1 Å². The Kier molecular flexibility index (Phi) is 6.65. The largest absolute Gasteiger partial charge is 0.495 e. The van der Waals surface area contributed by atoms with Gasteiger partial charge in [-0.15, -0.1) is 0 Å². The van der Waals surface area contributed by atoms with Gasteiger partial charge in [0, 0.05) is 17.7 Å². The Morgan fingerprint density at radius 3 is 2.45 bits per heavy atom. The van der Waals surface area contributed by atoms with Crippen LogP contribution in [0.4, 0.5) is 5.69 Å². The van der Waals surface area contributed by atoms with Gasteiger partial charge in [0.05, 0.1) is 30.6 Å². The fourth-order valence-electron chi connectivity index (χ4n) is 3.16. The number of benzene rings is 2. The van der Waals surface area contributed by atoms with Crippen molar-refractivity contribution in [1.82, 2.24) is 9.78 Å². The molecule has 0 aliphatic carbocycles. The molecule has 3 rings (SSSR count). The highest BCUT2D eigenvalue weighted by Crippen LogP contribution is 2.36. The molecule has 0 radical (unpaired) electrons. The van der Waals surface area contributed by atoms with Crippen LogP contribution >= 0.6 is 11.6 Å². The fraction of sp³-hybridized carbons (Fsp3) is 0.261. The van der Waals surface area contributed by atoms with Crippen LogP contribution in [-0.2, 0) is 4.79 Å². The van der Waals surface area contributed by atoms with Crippen molar-refractivity contribution >= 4 is 23.2 Å². The first-order valence-electron chi connectivity index (χ1n) is 9.65. The minimum atomic E-state index is -0.872. The normalized spacial score (nSPS) is 11.7. The lowest BCUT2D eigenvalue weighted by atomic mass is 10.0. The Balaban J connectivity index is 1.94. The Labute approximate surface area is 185 Å². The molecule has 0 spiro atoms. The number of carbonyl (C=O) groups is 1. The van der Waals surface area contributed by atoms with Gasteiger partial charge in [-0.3, -0.25) is 9.59 Å². The molecule has 0 saturated carbocycles. The summed E-state index contributed by atoms with van der Waals surface area (Å²) in [6.45, 7) is 5.57. The van der Waals surface area contributed by atoms with E-state index in [0.717, 1.165) is 16.7 Å². The molecule has 8 heteroatoms. The summed E-state index contributed by atoms with van der Waals surface area (Å²) in [7, 11) is 2.96. The van der Waals surface area contributed by atoms with Crippen molar-refractivity contribution in [2.24, 2.45) is 0 Å². The summed E-state index contributed by atoms with van der Waals surface area (Å²) in [5, 5.41) is 7.53. The Hall–Kier alpha value is -3.32. The summed E-state index contributed by atoms with van der Waals surface area (Å²) in [6, 6.07) is 11.3. The fourth-order valence-corrected chi connectivity index (χ4v) is 3.40. The van der Waals surface area contributed by atoms with E-state index in [-0.39, 0.29) is 5.56 Å². The van der Waals surface area contributed by atoms with Crippen molar-refractivity contribution in [3.05, 3.63) is 69.0 Å². The van der Waals surface area contributed by atoms with E-state index in [9.17, 15) is 9.59 Å². The van der Waals surface area contributed by atoms with E-state index in [1.165, 1.54) is 31.0 Å². The number of hydrogen-bond donors (Lipinski definition) is 1. The number of halogens is 1. The number of methoxy groups -OCH3 is 2. The molecule has 1 amide bonds. The average Bonchev–Trinajstić information content (AvgIpc) is 2.75. The molecule has 0 aliphatic heterocycles. The number of nitrogens with one attached hydrogen (secondary N) is 1. The van der Waals surface area contributed by atoms with Gasteiger partial charge in [-0.25, -0.2) is 4.68 Å². The lowest BCUT2D eigenvalue weighted by Crippen LogP contribution is -2.33. The molecule has 1 atom stereocenters. The summed E-state index contributed by atoms with van der Waals surface area (Å²) >= 11 is 6.18. The SMILES string of the molecule is COc1cc(OC)c(NC(=O)[C@@H](C)n2nc(-c3cc(C)ccc3C)ccc2=O)cc1Cl. The second kappa shape index (κ2) is 9.22. The molecule has 0 fully saturated rings. The van der Waals surface area contributed by atoms with Gasteiger partial charge >= 0.3 is 0 Å². The summed E-state index contributed by atoms with van der Waals surface area (Å²) in [5.74, 6) is 0.363. The van der Waals surface area contributed by atoms with E-state index in [1.807, 2.05) is 32.0 Å². The molecular weight excluding hydrogens is 418 g/mol. The summed E-state index contributed by atoms with van der Waals surface area (Å²) in [6.07, 6.45) is 0. The number of aromatic nitrogens is 2. The Morgan fingerprint density at radius 2 is 1.77 bits per heavy atom. The molecule has 162 valence electrons. The number of rotatable bonds is 6. The van der Waals surface area contributed by atoms with Crippen LogP contribution in [0.15, 0.2) is 47.3 Å². The number of ether oxygens (including phenoxy) is 2. The monoisotopic (exact) mass is 441 g/mol. The molecule has 1 heterocycles. The summed E-state index contributed by atoms with van der Waals surface area (Å²) in [5.41, 5.74) is 3.61. The molecule has 7 nitrogen and oxygen atoms in total. The van der Waals surface area contributed by atoms with Gasteiger partial charge in [0.25, 0.3) is 5.56 Å². The lowest BCUT2D eigenvalue weighted by Gasteiger charge is -2.17. The third-order valence-electron chi connectivity index (χ3n) is 4.97. The van der Waals surface area contributed by atoms with Gasteiger partial charge in [0.1, 0.15) is 17.5 Å². The van der Waals surface area contributed by atoms with Crippen LogP contribution in [0, 0.1) is 13.8 Å². The van der Waals surface area contributed by atoms with Gasteiger partial charge in [-0.2, -0.15) is 5.10 Å². The van der Waals surface area contributed by atoms with Crippen molar-refractivity contribution in [1.29, 1.82) is 0 Å². The second-order valence-corrected chi connectivity index (χ2v) is 7.58. The van der Waals surface area contributed by atoms with Gasteiger partial charge in [-0.1, -0.05) is 29.3 Å². The van der Waals surface area contributed by atoms with E-state index < -0.39 is 11.9 Å². The molecule has 1 aromatic heterocycles. The first-order valence-corrected chi connectivity index (χ1v) is 10.0. The molecule has 0 saturated heterocycles. The van der Waals surface area contributed by atoms with Gasteiger partial charge in [0.2, 0.25) is 5.91 Å². The third-order valence-corrected chi connectivity index (χ3v) is 5.27. The number of nitrogens with zero attached hydrogens (tertiary/aromatic N) is 2. The topological polar surface area (TPSA) is 82.4 Å². The standard InChI is InChI=1S/C23H24ClN3O4/c1-13-6-7-14(2)16(10-13)18-8-9-22(28)27(26-18)15(3)23(29)25-19-11-17(24)20(30-4)12-21(19)31-5/h6-12,15H,1-5H3,(H,25,29)/t15-/m1/s1. The van der Waals surface area contributed by atoms with Crippen LogP contribution in [0.3, 0.4) is 0 Å². The van der Waals surface area contributed by atoms with Crippen LogP contribution in [0.25, 0.3) is 11.3 Å². The number of amides is 1. The minimum Gasteiger partial charge on any atom is -0.495 e. The highest BCUT2D eigenvalue weighted by molar-refractivity contribution is 6.32. The van der Waals surface area contributed by atoms with E-state index in [0.29, 0.717) is 27.9 Å². The average molecular weight is 442 g/mol. The smallest absolute Gasteiger partial charge is 0.267 e. The molecule has 2 aromatic carbocycles. The highest BCUT2D eigenvalue weighted by Gasteiger charge is 2.21. The molecule has 1 N–H and O–H groups in total. The quantitative estimate of drug-likeness (QED) is 0.613. The first-order chi connectivity index (χ1) is 14.7. The van der Waals surface area contributed by atoms with Crippen molar-refractivity contribution in [3.63, 3.8) is 0 Å². The van der Waals surface area contributed by atoms with Gasteiger partial charge < -0.3 is 14.8 Å². The van der Waals surface area contributed by atoms with Crippen LogP contribution in [0.5, 0.6) is 11.5 Å². The van der Waals surface area contributed by atoms with Gasteiger partial charge in [-0.05, 0) is 44.5 Å². The zero-order chi connectivity index (χ0) is 22.7. The number of aryl methyl sites for hydroxylation is 2. The third kappa shape index (κ3) is 4.72. The maximum atomic E-state index is 12.9. The molecule has 31 heavy (non-hydrogen) atoms. The van der Waals surface area contributed by atoms with Crippen LogP contribution in [0.2, 0.25) is 5.02 Å². The predicted molar refractivity (Wildman–Crippen MR) is 121 cm³/mol. The lowest BCUT2D eigenvalue weighted by molar-refractivity contribution is -0.119. The second-order valence-electron chi connectivity index (χ2n) is 7.17. The summed E-state index contributed by atoms with van der Waals surface area (Å²) < 4.78 is 11.7. The first kappa shape index (κ1) is 22.4. The van der Waals surface area contributed by atoms with Crippen molar-refractivity contribution < 1.29 is 14.3 Å². The number of anilines is 1. The molecule has 0 bridgehead atoms. The van der Waals surface area contributed by atoms with E-state index >= 15 is 0 Å². The maximum Gasteiger partial charge on any atom is 0.267 e. The van der Waals surface area contributed by atoms with Crippen LogP contribution in [-0.4, -0.2) is 29.9 Å². The zero-order valence-corrected chi connectivity index (χ0v) is 18.8. The molecule has 0 aliphatic rings. The highest BCUT2D eigenvalue weighted by atomic mass is 35.5. The molecular formula is C23H24ClN3O4. The van der Waals surface area contributed by atoms with Crippen molar-refractivity contribution in [2.45, 2.75) is 26.8 Å². The summed E-state index contributed by atoms with van der Waals surface area (Å²) in [4.78, 5) is 25.4. The van der Waals surface area contributed by atoms with E-state index in [4.69, 9.17) is 21.1 Å². The minimum absolute atomic E-state index is 0.318. The van der Waals surface area contributed by atoms with Crippen molar-refractivity contribution in [2.75, 3.05) is 19.5 Å². The van der Waals surface area contributed by atoms with Gasteiger partial charge in [0.15, 0.2) is 0 Å². The maximum absolute atomic E-state index is 12.9. The zero-order valence-electron chi connectivity index (χ0n) is 18.0.